The highest BCUT2D eigenvalue weighted by molar-refractivity contribution is 6.00. The smallest absolute Gasteiger partial charge is 0.253 e. The number of nitrogens with two attached hydrogens (primary N) is 1. The SMILES string of the molecule is CCNC(=O)c1ccc(N)cc1NC1CCCCCC1O. The normalized spacial score (nSPS) is 22.4. The third-order valence-electron chi connectivity index (χ3n) is 3.95. The Bertz CT molecular complexity index is 490. The molecule has 0 saturated heterocycles. The second-order valence-corrected chi connectivity index (χ2v) is 5.62. The van der Waals surface area contributed by atoms with Gasteiger partial charge in [-0.15, -0.1) is 0 Å². The molecule has 1 aromatic rings. The third-order valence-corrected chi connectivity index (χ3v) is 3.95. The van der Waals surface area contributed by atoms with Crippen LogP contribution in [0.3, 0.4) is 0 Å². The average molecular weight is 291 g/mol. The Morgan fingerprint density at radius 2 is 2.10 bits per heavy atom. The van der Waals surface area contributed by atoms with E-state index in [-0.39, 0.29) is 18.1 Å². The molecule has 1 aliphatic carbocycles. The molecule has 2 unspecified atom stereocenters. The number of aliphatic hydroxyl groups excluding tert-OH is 1. The number of benzene rings is 1. The molecule has 0 bridgehead atoms. The molecule has 5 N–H and O–H groups in total. The number of aliphatic hydroxyl groups is 1. The van der Waals surface area contributed by atoms with E-state index >= 15 is 0 Å². The van der Waals surface area contributed by atoms with Crippen molar-refractivity contribution in [3.8, 4) is 0 Å². The van der Waals surface area contributed by atoms with Crippen LogP contribution in [0.4, 0.5) is 11.4 Å². The van der Waals surface area contributed by atoms with Crippen LogP contribution in [-0.2, 0) is 0 Å². The van der Waals surface area contributed by atoms with Crippen LogP contribution in [0.5, 0.6) is 0 Å². The topological polar surface area (TPSA) is 87.4 Å². The van der Waals surface area contributed by atoms with Crippen molar-refractivity contribution in [3.05, 3.63) is 23.8 Å². The summed E-state index contributed by atoms with van der Waals surface area (Å²) in [7, 11) is 0. The van der Waals surface area contributed by atoms with Gasteiger partial charge in [0.2, 0.25) is 0 Å². The van der Waals surface area contributed by atoms with E-state index in [0.29, 0.717) is 23.5 Å². The summed E-state index contributed by atoms with van der Waals surface area (Å²) in [6, 6.07) is 5.19. The molecule has 0 heterocycles. The first-order chi connectivity index (χ1) is 10.1. The molecule has 1 saturated carbocycles. The Kier molecular flexibility index (Phi) is 5.44. The van der Waals surface area contributed by atoms with Crippen LogP contribution in [0.15, 0.2) is 18.2 Å². The molecule has 0 aliphatic heterocycles. The summed E-state index contributed by atoms with van der Waals surface area (Å²) in [5.41, 5.74) is 7.72. The van der Waals surface area contributed by atoms with E-state index in [9.17, 15) is 9.90 Å². The lowest BCUT2D eigenvalue weighted by atomic mass is 10.0. The van der Waals surface area contributed by atoms with Gasteiger partial charge < -0.3 is 21.5 Å². The number of nitrogens with one attached hydrogen (secondary N) is 2. The van der Waals surface area contributed by atoms with Gasteiger partial charge in [0.05, 0.1) is 17.7 Å². The molecule has 0 spiro atoms. The highest BCUT2D eigenvalue weighted by Gasteiger charge is 2.23. The van der Waals surface area contributed by atoms with Crippen LogP contribution in [0.25, 0.3) is 0 Å². The summed E-state index contributed by atoms with van der Waals surface area (Å²) in [5.74, 6) is -0.122. The number of rotatable bonds is 4. The molecule has 5 heteroatoms. The van der Waals surface area contributed by atoms with Gasteiger partial charge in [0.25, 0.3) is 5.91 Å². The number of carbonyl (C=O) groups excluding carboxylic acids is 1. The van der Waals surface area contributed by atoms with Crippen molar-refractivity contribution >= 4 is 17.3 Å². The third kappa shape index (κ3) is 4.11. The predicted octanol–water partition coefficient (Wildman–Crippen LogP) is 2.12. The molecule has 2 atom stereocenters. The van der Waals surface area contributed by atoms with Crippen molar-refractivity contribution in [3.63, 3.8) is 0 Å². The van der Waals surface area contributed by atoms with Crippen molar-refractivity contribution in [2.75, 3.05) is 17.6 Å². The molecule has 0 aromatic heterocycles. The minimum Gasteiger partial charge on any atom is -0.399 e. The number of carbonyl (C=O) groups is 1. The molecular weight excluding hydrogens is 266 g/mol. The Balaban J connectivity index is 2.20. The van der Waals surface area contributed by atoms with Gasteiger partial charge in [-0.1, -0.05) is 19.3 Å². The number of hydrogen-bond donors (Lipinski definition) is 4. The van der Waals surface area contributed by atoms with E-state index in [2.05, 4.69) is 10.6 Å². The van der Waals surface area contributed by atoms with Crippen LogP contribution < -0.4 is 16.4 Å². The van der Waals surface area contributed by atoms with Crippen LogP contribution >= 0.6 is 0 Å². The van der Waals surface area contributed by atoms with Crippen molar-refractivity contribution in [1.82, 2.24) is 5.32 Å². The lowest BCUT2D eigenvalue weighted by Crippen LogP contribution is -2.34. The lowest BCUT2D eigenvalue weighted by molar-refractivity contribution is 0.0956. The van der Waals surface area contributed by atoms with Crippen LogP contribution in [0.2, 0.25) is 0 Å². The maximum absolute atomic E-state index is 12.1. The molecule has 1 amide bonds. The highest BCUT2D eigenvalue weighted by atomic mass is 16.3. The van der Waals surface area contributed by atoms with Gasteiger partial charge in [-0.2, -0.15) is 0 Å². The van der Waals surface area contributed by atoms with Gasteiger partial charge in [-0.3, -0.25) is 4.79 Å². The van der Waals surface area contributed by atoms with E-state index < -0.39 is 0 Å². The fourth-order valence-electron chi connectivity index (χ4n) is 2.79. The van der Waals surface area contributed by atoms with Crippen molar-refractivity contribution < 1.29 is 9.90 Å². The van der Waals surface area contributed by atoms with Crippen LogP contribution in [-0.4, -0.2) is 29.7 Å². The molecule has 2 rings (SSSR count). The molecule has 5 nitrogen and oxygen atoms in total. The first kappa shape index (κ1) is 15.6. The summed E-state index contributed by atoms with van der Waals surface area (Å²) in [5, 5.41) is 16.3. The van der Waals surface area contributed by atoms with E-state index in [0.717, 1.165) is 32.1 Å². The summed E-state index contributed by atoms with van der Waals surface area (Å²) in [4.78, 5) is 12.1. The van der Waals surface area contributed by atoms with Gasteiger partial charge >= 0.3 is 0 Å². The van der Waals surface area contributed by atoms with E-state index in [4.69, 9.17) is 5.73 Å². The zero-order valence-electron chi connectivity index (χ0n) is 12.6. The number of hydrogen-bond acceptors (Lipinski definition) is 4. The fourth-order valence-corrected chi connectivity index (χ4v) is 2.79. The maximum atomic E-state index is 12.1. The van der Waals surface area contributed by atoms with Gasteiger partial charge in [-0.05, 0) is 38.0 Å². The number of anilines is 2. The lowest BCUT2D eigenvalue weighted by Gasteiger charge is -2.24. The standard InChI is InChI=1S/C16H25N3O2/c1-2-18-16(21)12-9-8-11(17)10-14(12)19-13-6-4-3-5-7-15(13)20/h8-10,13,15,19-20H,2-7,17H2,1H3,(H,18,21). The van der Waals surface area contributed by atoms with E-state index in [1.54, 1.807) is 18.2 Å². The number of amides is 1. The fraction of sp³-hybridized carbons (Fsp3) is 0.562. The largest absolute Gasteiger partial charge is 0.399 e. The van der Waals surface area contributed by atoms with E-state index in [1.807, 2.05) is 6.92 Å². The predicted molar refractivity (Wildman–Crippen MR) is 85.4 cm³/mol. The monoisotopic (exact) mass is 291 g/mol. The zero-order valence-corrected chi connectivity index (χ0v) is 12.6. The summed E-state index contributed by atoms with van der Waals surface area (Å²) >= 11 is 0. The minimum atomic E-state index is -0.379. The summed E-state index contributed by atoms with van der Waals surface area (Å²) in [6.07, 6.45) is 4.62. The Morgan fingerprint density at radius 1 is 1.33 bits per heavy atom. The van der Waals surface area contributed by atoms with Gasteiger partial charge in [-0.25, -0.2) is 0 Å². The van der Waals surface area contributed by atoms with Crippen LogP contribution in [0.1, 0.15) is 49.4 Å². The van der Waals surface area contributed by atoms with Crippen LogP contribution in [0, 0.1) is 0 Å². The first-order valence-corrected chi connectivity index (χ1v) is 7.74. The molecule has 1 aliphatic rings. The maximum Gasteiger partial charge on any atom is 0.253 e. The molecule has 0 radical (unpaired) electrons. The minimum absolute atomic E-state index is 0.0255. The molecule has 1 fully saturated rings. The molecule has 21 heavy (non-hydrogen) atoms. The Hall–Kier alpha value is -1.75. The van der Waals surface area contributed by atoms with Gasteiger partial charge in [0.15, 0.2) is 0 Å². The molecule has 116 valence electrons. The highest BCUT2D eigenvalue weighted by Crippen LogP contribution is 2.25. The molecular formula is C16H25N3O2. The van der Waals surface area contributed by atoms with Crippen molar-refractivity contribution in [2.45, 2.75) is 51.2 Å². The zero-order chi connectivity index (χ0) is 15.2. The van der Waals surface area contributed by atoms with Gasteiger partial charge in [0, 0.05) is 17.9 Å². The second-order valence-electron chi connectivity index (χ2n) is 5.62. The van der Waals surface area contributed by atoms with Crippen molar-refractivity contribution in [2.24, 2.45) is 0 Å². The average Bonchev–Trinajstić information content (AvgIpc) is 2.64. The quantitative estimate of drug-likeness (QED) is 0.505. The second kappa shape index (κ2) is 7.31. The Morgan fingerprint density at radius 3 is 2.86 bits per heavy atom. The number of nitrogen functional groups attached to an aromatic ring is 1. The van der Waals surface area contributed by atoms with E-state index in [1.165, 1.54) is 0 Å². The first-order valence-electron chi connectivity index (χ1n) is 7.74. The summed E-state index contributed by atoms with van der Waals surface area (Å²) < 4.78 is 0. The van der Waals surface area contributed by atoms with Gasteiger partial charge in [0.1, 0.15) is 0 Å². The summed E-state index contributed by atoms with van der Waals surface area (Å²) in [6.45, 7) is 2.46. The van der Waals surface area contributed by atoms with Crippen molar-refractivity contribution in [1.29, 1.82) is 0 Å². The molecule has 1 aromatic carbocycles. The Labute approximate surface area is 125 Å².